The molecule has 4 rings (SSSR count). The topological polar surface area (TPSA) is 81.2 Å². The van der Waals surface area contributed by atoms with Crippen LogP contribution in [0.25, 0.3) is 11.1 Å². The molecule has 6 nitrogen and oxygen atoms in total. The zero-order valence-electron chi connectivity index (χ0n) is 10.9. The maximum atomic E-state index is 10.8. The Morgan fingerprint density at radius 3 is 2.60 bits per heavy atom. The van der Waals surface area contributed by atoms with Crippen LogP contribution in [0.5, 0.6) is 0 Å². The van der Waals surface area contributed by atoms with E-state index in [0.29, 0.717) is 23.2 Å². The van der Waals surface area contributed by atoms with Crippen LogP contribution in [0, 0.1) is 22.0 Å². The quantitative estimate of drug-likeness (QED) is 0.667. The van der Waals surface area contributed by atoms with E-state index in [4.69, 9.17) is 4.42 Å². The number of nitrogens with one attached hydrogen (secondary N) is 1. The summed E-state index contributed by atoms with van der Waals surface area (Å²) in [7, 11) is 0. The number of benzene rings is 1. The van der Waals surface area contributed by atoms with Crippen molar-refractivity contribution in [3.8, 4) is 0 Å². The van der Waals surface area contributed by atoms with Crippen molar-refractivity contribution >= 4 is 22.8 Å². The van der Waals surface area contributed by atoms with E-state index in [1.165, 1.54) is 37.8 Å². The average molecular weight is 273 g/mol. The highest BCUT2D eigenvalue weighted by atomic mass is 16.6. The average Bonchev–Trinajstić information content (AvgIpc) is 3.32. The standard InChI is InChI=1S/C14H15N3O3/c18-17(19)10-5-6-11-12(7-10)20-14(15-11)16-13(8-1-2-8)9-3-4-9/h5-9,13H,1-4H2,(H,15,16). The fraction of sp³-hybridized carbons (Fsp3) is 0.500. The molecule has 2 saturated carbocycles. The molecule has 0 saturated heterocycles. The number of nitro groups is 1. The molecule has 1 N–H and O–H groups in total. The molecule has 2 aliphatic carbocycles. The first-order chi connectivity index (χ1) is 9.70. The molecule has 0 aliphatic heterocycles. The summed E-state index contributed by atoms with van der Waals surface area (Å²) in [5.74, 6) is 1.48. The van der Waals surface area contributed by atoms with Gasteiger partial charge in [-0.1, -0.05) is 0 Å². The first kappa shape index (κ1) is 11.7. The number of nitro benzene ring substituents is 1. The van der Waals surface area contributed by atoms with Crippen molar-refractivity contribution in [2.24, 2.45) is 11.8 Å². The van der Waals surface area contributed by atoms with Crippen LogP contribution < -0.4 is 5.32 Å². The Hall–Kier alpha value is -2.11. The van der Waals surface area contributed by atoms with Gasteiger partial charge in [0.25, 0.3) is 11.7 Å². The number of non-ortho nitro benzene ring substituents is 1. The molecule has 20 heavy (non-hydrogen) atoms. The molecular formula is C14H15N3O3. The minimum absolute atomic E-state index is 0.0288. The van der Waals surface area contributed by atoms with Crippen molar-refractivity contribution in [3.63, 3.8) is 0 Å². The second kappa shape index (κ2) is 4.19. The largest absolute Gasteiger partial charge is 0.423 e. The molecule has 6 heteroatoms. The van der Waals surface area contributed by atoms with Gasteiger partial charge in [0, 0.05) is 12.1 Å². The monoisotopic (exact) mass is 273 g/mol. The van der Waals surface area contributed by atoms with Gasteiger partial charge in [0.2, 0.25) is 0 Å². The number of anilines is 1. The van der Waals surface area contributed by atoms with Gasteiger partial charge in [-0.05, 0) is 43.6 Å². The number of rotatable bonds is 5. The molecule has 0 spiro atoms. The lowest BCUT2D eigenvalue weighted by Crippen LogP contribution is -2.24. The second-order valence-electron chi connectivity index (χ2n) is 5.77. The zero-order valence-corrected chi connectivity index (χ0v) is 10.9. The molecular weight excluding hydrogens is 258 g/mol. The van der Waals surface area contributed by atoms with E-state index >= 15 is 0 Å². The molecule has 2 aromatic rings. The molecule has 1 aromatic carbocycles. The molecule has 0 bridgehead atoms. The van der Waals surface area contributed by atoms with E-state index in [-0.39, 0.29) is 5.69 Å². The zero-order chi connectivity index (χ0) is 13.7. The Morgan fingerprint density at radius 2 is 2.00 bits per heavy atom. The van der Waals surface area contributed by atoms with Gasteiger partial charge in [0.1, 0.15) is 5.52 Å². The van der Waals surface area contributed by atoms with Crippen molar-refractivity contribution in [2.45, 2.75) is 31.7 Å². The third kappa shape index (κ3) is 2.11. The predicted molar refractivity (Wildman–Crippen MR) is 73.5 cm³/mol. The fourth-order valence-electron chi connectivity index (χ4n) is 2.76. The van der Waals surface area contributed by atoms with Crippen LogP contribution in [-0.2, 0) is 0 Å². The first-order valence-corrected chi connectivity index (χ1v) is 7.02. The lowest BCUT2D eigenvalue weighted by Gasteiger charge is -2.15. The highest BCUT2D eigenvalue weighted by Gasteiger charge is 2.42. The number of fused-ring (bicyclic) bond motifs is 1. The number of aromatic nitrogens is 1. The summed E-state index contributed by atoms with van der Waals surface area (Å²) >= 11 is 0. The molecule has 0 unspecified atom stereocenters. The first-order valence-electron chi connectivity index (χ1n) is 7.02. The van der Waals surface area contributed by atoms with Crippen LogP contribution in [0.1, 0.15) is 25.7 Å². The molecule has 1 heterocycles. The van der Waals surface area contributed by atoms with E-state index < -0.39 is 4.92 Å². The summed E-state index contributed by atoms with van der Waals surface area (Å²) in [5, 5.41) is 14.1. The molecule has 2 fully saturated rings. The van der Waals surface area contributed by atoms with Gasteiger partial charge < -0.3 is 9.73 Å². The summed E-state index contributed by atoms with van der Waals surface area (Å²) in [4.78, 5) is 14.7. The Bertz CT molecular complexity index is 661. The van der Waals surface area contributed by atoms with Gasteiger partial charge in [-0.2, -0.15) is 4.98 Å². The lowest BCUT2D eigenvalue weighted by atomic mass is 10.1. The Kier molecular flexibility index (Phi) is 2.45. The SMILES string of the molecule is O=[N+]([O-])c1ccc2nc(NC(C3CC3)C3CC3)oc2c1. The number of nitrogens with zero attached hydrogens (tertiary/aromatic N) is 2. The highest BCUT2D eigenvalue weighted by molar-refractivity contribution is 5.77. The molecule has 104 valence electrons. The summed E-state index contributed by atoms with van der Waals surface area (Å²) < 4.78 is 5.62. The summed E-state index contributed by atoms with van der Waals surface area (Å²) in [6.07, 6.45) is 5.11. The molecule has 0 amide bonds. The van der Waals surface area contributed by atoms with Crippen molar-refractivity contribution in [3.05, 3.63) is 28.3 Å². The maximum absolute atomic E-state index is 10.8. The number of oxazole rings is 1. The maximum Gasteiger partial charge on any atom is 0.295 e. The number of hydrogen-bond donors (Lipinski definition) is 1. The van der Waals surface area contributed by atoms with E-state index in [1.807, 2.05) is 0 Å². The van der Waals surface area contributed by atoms with Gasteiger partial charge in [0.15, 0.2) is 5.58 Å². The minimum Gasteiger partial charge on any atom is -0.423 e. The van der Waals surface area contributed by atoms with Gasteiger partial charge in [-0.15, -0.1) is 0 Å². The van der Waals surface area contributed by atoms with Gasteiger partial charge >= 0.3 is 0 Å². The van der Waals surface area contributed by atoms with Crippen molar-refractivity contribution in [2.75, 3.05) is 5.32 Å². The molecule has 1 aromatic heterocycles. The smallest absolute Gasteiger partial charge is 0.295 e. The lowest BCUT2D eigenvalue weighted by molar-refractivity contribution is -0.384. The van der Waals surface area contributed by atoms with E-state index in [0.717, 1.165) is 11.8 Å². The van der Waals surface area contributed by atoms with Crippen LogP contribution in [-0.4, -0.2) is 15.9 Å². The van der Waals surface area contributed by atoms with Crippen molar-refractivity contribution in [1.82, 2.24) is 4.98 Å². The van der Waals surface area contributed by atoms with Crippen LogP contribution in [0.4, 0.5) is 11.7 Å². The third-order valence-electron chi connectivity index (χ3n) is 4.13. The van der Waals surface area contributed by atoms with Crippen LogP contribution in [0.15, 0.2) is 22.6 Å². The normalized spacial score (nSPS) is 18.6. The Balaban J connectivity index is 1.61. The predicted octanol–water partition coefficient (Wildman–Crippen LogP) is 3.34. The summed E-state index contributed by atoms with van der Waals surface area (Å²) in [6.45, 7) is 0. The molecule has 0 atom stereocenters. The third-order valence-corrected chi connectivity index (χ3v) is 4.13. The van der Waals surface area contributed by atoms with E-state index in [9.17, 15) is 10.1 Å². The second-order valence-corrected chi connectivity index (χ2v) is 5.77. The van der Waals surface area contributed by atoms with Crippen LogP contribution >= 0.6 is 0 Å². The Morgan fingerprint density at radius 1 is 1.30 bits per heavy atom. The minimum atomic E-state index is -0.424. The van der Waals surface area contributed by atoms with Gasteiger partial charge in [-0.25, -0.2) is 0 Å². The van der Waals surface area contributed by atoms with Gasteiger partial charge in [-0.3, -0.25) is 10.1 Å². The highest BCUT2D eigenvalue weighted by Crippen LogP contribution is 2.45. The van der Waals surface area contributed by atoms with Crippen LogP contribution in [0.3, 0.4) is 0 Å². The molecule has 0 radical (unpaired) electrons. The van der Waals surface area contributed by atoms with Crippen LogP contribution in [0.2, 0.25) is 0 Å². The fourth-order valence-corrected chi connectivity index (χ4v) is 2.76. The summed E-state index contributed by atoms with van der Waals surface area (Å²) in [5.41, 5.74) is 1.15. The number of hydrogen-bond acceptors (Lipinski definition) is 5. The van der Waals surface area contributed by atoms with Crippen molar-refractivity contribution in [1.29, 1.82) is 0 Å². The van der Waals surface area contributed by atoms with Gasteiger partial charge in [0.05, 0.1) is 11.0 Å². The Labute approximate surface area is 115 Å². The molecule has 2 aliphatic rings. The van der Waals surface area contributed by atoms with Crippen molar-refractivity contribution < 1.29 is 9.34 Å². The van der Waals surface area contributed by atoms with E-state index in [2.05, 4.69) is 10.3 Å². The summed E-state index contributed by atoms with van der Waals surface area (Å²) in [6, 6.07) is 5.46. The van der Waals surface area contributed by atoms with E-state index in [1.54, 1.807) is 6.07 Å².